The summed E-state index contributed by atoms with van der Waals surface area (Å²) in [6.45, 7) is 4.04. The summed E-state index contributed by atoms with van der Waals surface area (Å²) in [6.07, 6.45) is 2.88. The van der Waals surface area contributed by atoms with E-state index in [0.717, 1.165) is 16.9 Å². The molecule has 0 bridgehead atoms. The molecule has 4 nitrogen and oxygen atoms in total. The van der Waals surface area contributed by atoms with E-state index in [2.05, 4.69) is 17.8 Å². The molecule has 0 saturated carbocycles. The van der Waals surface area contributed by atoms with Crippen molar-refractivity contribution in [2.75, 3.05) is 6.26 Å². The Morgan fingerprint density at radius 2 is 1.77 bits per heavy atom. The Morgan fingerprint density at radius 3 is 2.32 bits per heavy atom. The Bertz CT molecular complexity index is 678. The summed E-state index contributed by atoms with van der Waals surface area (Å²) in [4.78, 5) is 26.9. The molecule has 0 aliphatic rings. The number of hydrogen-bond acceptors (Lipinski definition) is 4. The van der Waals surface area contributed by atoms with Gasteiger partial charge >= 0.3 is 0 Å². The maximum absolute atomic E-state index is 12.0. The number of amides is 2. The van der Waals surface area contributed by atoms with Gasteiger partial charge in [-0.1, -0.05) is 6.92 Å². The number of hydrogen-bond donors (Lipinski definition) is 2. The van der Waals surface area contributed by atoms with Crippen molar-refractivity contribution in [2.24, 2.45) is 0 Å². The average Bonchev–Trinajstić information content (AvgIpc) is 2.93. The average molecular weight is 334 g/mol. The van der Waals surface area contributed by atoms with E-state index in [9.17, 15) is 9.59 Å². The van der Waals surface area contributed by atoms with Crippen molar-refractivity contribution in [3.8, 4) is 0 Å². The molecule has 1 heterocycles. The third-order valence-electron chi connectivity index (χ3n) is 3.21. The van der Waals surface area contributed by atoms with Gasteiger partial charge in [-0.25, -0.2) is 0 Å². The summed E-state index contributed by atoms with van der Waals surface area (Å²) >= 11 is 3.06. The number of carbonyl (C=O) groups excluding carboxylic acids is 2. The maximum Gasteiger partial charge on any atom is 0.279 e. The number of benzene rings is 1. The van der Waals surface area contributed by atoms with Crippen molar-refractivity contribution in [3.05, 3.63) is 51.2 Å². The largest absolute Gasteiger partial charge is 0.279 e. The van der Waals surface area contributed by atoms with Gasteiger partial charge in [0.05, 0.1) is 4.88 Å². The quantitative estimate of drug-likeness (QED) is 0.665. The highest BCUT2D eigenvalue weighted by Gasteiger charge is 2.13. The first-order valence-corrected chi connectivity index (χ1v) is 8.93. The van der Waals surface area contributed by atoms with E-state index in [1.165, 1.54) is 16.2 Å². The molecule has 0 aliphatic carbocycles. The second-order valence-corrected chi connectivity index (χ2v) is 6.72. The smallest absolute Gasteiger partial charge is 0.267 e. The van der Waals surface area contributed by atoms with Crippen LogP contribution >= 0.6 is 23.1 Å². The van der Waals surface area contributed by atoms with E-state index >= 15 is 0 Å². The second-order valence-electron chi connectivity index (χ2n) is 4.71. The van der Waals surface area contributed by atoms with Crippen LogP contribution in [-0.4, -0.2) is 18.1 Å². The fourth-order valence-corrected chi connectivity index (χ4v) is 3.39. The fourth-order valence-electron chi connectivity index (χ4n) is 1.97. The van der Waals surface area contributed by atoms with Crippen LogP contribution in [0.15, 0.2) is 35.2 Å². The maximum atomic E-state index is 12.0. The topological polar surface area (TPSA) is 58.2 Å². The van der Waals surface area contributed by atoms with Gasteiger partial charge in [0, 0.05) is 15.3 Å². The Kier molecular flexibility index (Phi) is 5.63. The Balaban J connectivity index is 1.96. The normalized spacial score (nSPS) is 10.3. The van der Waals surface area contributed by atoms with Crippen LogP contribution in [0.4, 0.5) is 0 Å². The van der Waals surface area contributed by atoms with Crippen LogP contribution in [0.25, 0.3) is 0 Å². The Labute approximate surface area is 138 Å². The van der Waals surface area contributed by atoms with E-state index in [1.54, 1.807) is 23.9 Å². The molecule has 0 spiro atoms. The first kappa shape index (κ1) is 16.6. The number of hydrazine groups is 1. The van der Waals surface area contributed by atoms with Gasteiger partial charge in [-0.05, 0) is 55.5 Å². The summed E-state index contributed by atoms with van der Waals surface area (Å²) in [7, 11) is 0. The van der Waals surface area contributed by atoms with Crippen molar-refractivity contribution >= 4 is 34.9 Å². The van der Waals surface area contributed by atoms with Gasteiger partial charge in [0.15, 0.2) is 0 Å². The molecule has 2 amide bonds. The van der Waals surface area contributed by atoms with Crippen molar-refractivity contribution in [2.45, 2.75) is 25.2 Å². The van der Waals surface area contributed by atoms with Gasteiger partial charge in [-0.3, -0.25) is 20.4 Å². The van der Waals surface area contributed by atoms with Crippen LogP contribution in [-0.2, 0) is 6.42 Å². The van der Waals surface area contributed by atoms with Crippen molar-refractivity contribution in [1.29, 1.82) is 0 Å². The summed E-state index contributed by atoms with van der Waals surface area (Å²) in [6, 6.07) is 9.06. The van der Waals surface area contributed by atoms with E-state index in [1.807, 2.05) is 31.4 Å². The monoisotopic (exact) mass is 334 g/mol. The lowest BCUT2D eigenvalue weighted by molar-refractivity contribution is 0.0849. The van der Waals surface area contributed by atoms with Crippen LogP contribution in [0, 0.1) is 6.92 Å². The second kappa shape index (κ2) is 7.47. The van der Waals surface area contributed by atoms with Crippen LogP contribution in [0.2, 0.25) is 0 Å². The summed E-state index contributed by atoms with van der Waals surface area (Å²) < 4.78 is 0. The van der Waals surface area contributed by atoms with Crippen molar-refractivity contribution in [1.82, 2.24) is 10.9 Å². The molecule has 2 aromatic rings. The zero-order valence-corrected chi connectivity index (χ0v) is 14.4. The minimum absolute atomic E-state index is 0.290. The third kappa shape index (κ3) is 3.90. The fraction of sp³-hybridized carbons (Fsp3) is 0.250. The number of aryl methyl sites for hydroxylation is 2. The molecule has 2 N–H and O–H groups in total. The number of carbonyl (C=O) groups is 2. The van der Waals surface area contributed by atoms with Crippen LogP contribution in [0.5, 0.6) is 0 Å². The molecule has 0 fully saturated rings. The summed E-state index contributed by atoms with van der Waals surface area (Å²) in [5, 5.41) is 0. The van der Waals surface area contributed by atoms with Crippen LogP contribution in [0.3, 0.4) is 0 Å². The molecule has 6 heteroatoms. The predicted molar refractivity (Wildman–Crippen MR) is 91.6 cm³/mol. The number of thioether (sulfide) groups is 1. The van der Waals surface area contributed by atoms with Gasteiger partial charge in [0.25, 0.3) is 11.8 Å². The number of rotatable bonds is 4. The highest BCUT2D eigenvalue weighted by Crippen LogP contribution is 2.22. The molecule has 116 valence electrons. The molecule has 1 aromatic carbocycles. The van der Waals surface area contributed by atoms with Gasteiger partial charge < -0.3 is 0 Å². The van der Waals surface area contributed by atoms with Crippen molar-refractivity contribution < 1.29 is 9.59 Å². The zero-order chi connectivity index (χ0) is 16.1. The molecule has 2 rings (SSSR count). The zero-order valence-electron chi connectivity index (χ0n) is 12.7. The lowest BCUT2D eigenvalue weighted by atomic mass is 10.2. The highest BCUT2D eigenvalue weighted by molar-refractivity contribution is 7.98. The van der Waals surface area contributed by atoms with Crippen LogP contribution in [0.1, 0.15) is 37.4 Å². The summed E-state index contributed by atoms with van der Waals surface area (Å²) in [5.74, 6) is -0.619. The molecule has 22 heavy (non-hydrogen) atoms. The molecule has 0 atom stereocenters. The first-order valence-electron chi connectivity index (χ1n) is 6.89. The highest BCUT2D eigenvalue weighted by atomic mass is 32.2. The van der Waals surface area contributed by atoms with Gasteiger partial charge in [-0.15, -0.1) is 23.1 Å². The molecule has 0 aliphatic heterocycles. The van der Waals surface area contributed by atoms with Crippen molar-refractivity contribution in [3.63, 3.8) is 0 Å². The minimum atomic E-state index is -0.329. The molecule has 0 saturated heterocycles. The van der Waals surface area contributed by atoms with E-state index < -0.39 is 0 Å². The van der Waals surface area contributed by atoms with Gasteiger partial charge in [-0.2, -0.15) is 0 Å². The molecule has 0 radical (unpaired) electrons. The Morgan fingerprint density at radius 1 is 1.14 bits per heavy atom. The van der Waals surface area contributed by atoms with Gasteiger partial charge in [0.1, 0.15) is 0 Å². The number of thiophene rings is 1. The third-order valence-corrected chi connectivity index (χ3v) is 5.33. The molecular weight excluding hydrogens is 316 g/mol. The molecule has 0 unspecified atom stereocenters. The Hall–Kier alpha value is -1.79. The molecular formula is C16H18N2O2S2. The van der Waals surface area contributed by atoms with E-state index in [-0.39, 0.29) is 11.8 Å². The predicted octanol–water partition coefficient (Wildman–Crippen LogP) is 3.42. The van der Waals surface area contributed by atoms with Gasteiger partial charge in [0.2, 0.25) is 0 Å². The lowest BCUT2D eigenvalue weighted by Crippen LogP contribution is -2.41. The number of nitrogens with one attached hydrogen (secondary N) is 2. The lowest BCUT2D eigenvalue weighted by Gasteiger charge is -2.06. The minimum Gasteiger partial charge on any atom is -0.267 e. The van der Waals surface area contributed by atoms with Crippen LogP contribution < -0.4 is 10.9 Å². The first-order chi connectivity index (χ1) is 10.5. The van der Waals surface area contributed by atoms with E-state index in [0.29, 0.717) is 10.4 Å². The molecule has 1 aromatic heterocycles. The van der Waals surface area contributed by atoms with E-state index in [4.69, 9.17) is 0 Å². The summed E-state index contributed by atoms with van der Waals surface area (Å²) in [5.41, 5.74) is 6.52. The SMILES string of the molecule is CCc1sc(C(=O)NNC(=O)c2ccc(SC)cc2)cc1C. The standard InChI is InChI=1S/C16H18N2O2S2/c1-4-13-10(2)9-14(22-13)16(20)18-17-15(19)11-5-7-12(21-3)8-6-11/h5-9H,4H2,1-3H3,(H,17,19)(H,18,20).